The second-order valence-electron chi connectivity index (χ2n) is 4.44. The predicted octanol–water partition coefficient (Wildman–Crippen LogP) is 1.13. The number of aryl methyl sites for hydroxylation is 1. The third-order valence-corrected chi connectivity index (χ3v) is 3.05. The Morgan fingerprint density at radius 3 is 2.79 bits per heavy atom. The number of rotatable bonds is 2. The number of nitrogens with one attached hydrogen (secondary N) is 2. The molecular weight excluding hydrogens is 242 g/mol. The number of fused-ring (bicyclic) bond motifs is 1. The molecule has 6 heteroatoms. The van der Waals surface area contributed by atoms with E-state index < -0.39 is 0 Å². The first kappa shape index (κ1) is 11.5. The van der Waals surface area contributed by atoms with Crippen molar-refractivity contribution < 1.29 is 0 Å². The van der Waals surface area contributed by atoms with Crippen molar-refractivity contribution in [2.45, 2.75) is 13.3 Å². The van der Waals surface area contributed by atoms with Gasteiger partial charge in [0.2, 0.25) is 5.95 Å². The Morgan fingerprint density at radius 2 is 2.00 bits per heavy atom. The molecule has 0 aliphatic rings. The van der Waals surface area contributed by atoms with E-state index in [4.69, 9.17) is 5.73 Å². The zero-order valence-electron chi connectivity index (χ0n) is 10.4. The van der Waals surface area contributed by atoms with Gasteiger partial charge in [0.25, 0.3) is 5.56 Å². The average molecular weight is 255 g/mol. The predicted molar refractivity (Wildman–Crippen MR) is 72.9 cm³/mol. The lowest BCUT2D eigenvalue weighted by Gasteiger charge is -2.01. The summed E-state index contributed by atoms with van der Waals surface area (Å²) in [6, 6.07) is 8.05. The minimum Gasteiger partial charge on any atom is -0.369 e. The molecule has 2 aromatic heterocycles. The van der Waals surface area contributed by atoms with Crippen molar-refractivity contribution in [2.75, 3.05) is 5.73 Å². The van der Waals surface area contributed by atoms with Gasteiger partial charge in [-0.05, 0) is 18.1 Å². The molecule has 1 aromatic carbocycles. The zero-order chi connectivity index (χ0) is 13.4. The molecule has 3 rings (SSSR count). The van der Waals surface area contributed by atoms with E-state index in [1.165, 1.54) is 5.56 Å². The molecule has 0 amide bonds. The number of nitrogens with zero attached hydrogens (tertiary/aromatic N) is 2. The number of H-pyrrole nitrogens is 2. The average Bonchev–Trinajstić information content (AvgIpc) is 2.75. The van der Waals surface area contributed by atoms with Crippen molar-refractivity contribution in [1.29, 1.82) is 0 Å². The van der Waals surface area contributed by atoms with Gasteiger partial charge < -0.3 is 10.7 Å². The molecule has 0 atom stereocenters. The summed E-state index contributed by atoms with van der Waals surface area (Å²) in [5, 5.41) is 0. The summed E-state index contributed by atoms with van der Waals surface area (Å²) in [5.74, 6) is 0.777. The van der Waals surface area contributed by atoms with E-state index in [-0.39, 0.29) is 11.5 Å². The minimum absolute atomic E-state index is 0.0754. The molecular formula is C13H13N5O. The summed E-state index contributed by atoms with van der Waals surface area (Å²) in [6.07, 6.45) is 0.627. The molecule has 0 aliphatic heterocycles. The number of nitrogens with two attached hydrogens (primary N) is 1. The first-order chi connectivity index (χ1) is 9.13. The van der Waals surface area contributed by atoms with E-state index in [1.807, 2.05) is 31.2 Å². The van der Waals surface area contributed by atoms with Crippen LogP contribution in [0.3, 0.4) is 0 Å². The van der Waals surface area contributed by atoms with Crippen molar-refractivity contribution >= 4 is 17.1 Å². The first-order valence-electron chi connectivity index (χ1n) is 5.92. The molecule has 0 saturated carbocycles. The highest BCUT2D eigenvalue weighted by Gasteiger charge is 2.09. The molecule has 4 N–H and O–H groups in total. The lowest BCUT2D eigenvalue weighted by atomic mass is 10.1. The highest BCUT2D eigenvalue weighted by molar-refractivity contribution is 5.70. The largest absolute Gasteiger partial charge is 0.369 e. The van der Waals surface area contributed by atoms with Crippen LogP contribution >= 0.6 is 0 Å². The van der Waals surface area contributed by atoms with Gasteiger partial charge in [-0.15, -0.1) is 0 Å². The SMILES string of the molecule is Cc1ccccc1Cc1nc2nc(N)[nH]c(=O)c2[nH]1. The van der Waals surface area contributed by atoms with Crippen molar-refractivity contribution in [1.82, 2.24) is 19.9 Å². The smallest absolute Gasteiger partial charge is 0.278 e. The number of imidazole rings is 1. The fraction of sp³-hybridized carbons (Fsp3) is 0.154. The fourth-order valence-electron chi connectivity index (χ4n) is 2.04. The molecule has 3 aromatic rings. The summed E-state index contributed by atoms with van der Waals surface area (Å²) in [5.41, 5.74) is 8.24. The van der Waals surface area contributed by atoms with Gasteiger partial charge in [-0.2, -0.15) is 4.98 Å². The van der Waals surface area contributed by atoms with Crippen LogP contribution in [0, 0.1) is 6.92 Å². The van der Waals surface area contributed by atoms with Crippen LogP contribution in [0.15, 0.2) is 29.1 Å². The maximum absolute atomic E-state index is 11.7. The molecule has 0 saturated heterocycles. The molecule has 0 bridgehead atoms. The number of aromatic amines is 2. The lowest BCUT2D eigenvalue weighted by molar-refractivity contribution is 1.02. The highest BCUT2D eigenvalue weighted by Crippen LogP contribution is 2.13. The van der Waals surface area contributed by atoms with E-state index in [0.717, 1.165) is 5.56 Å². The normalized spacial score (nSPS) is 11.0. The number of nitrogen functional groups attached to an aromatic ring is 1. The maximum atomic E-state index is 11.7. The maximum Gasteiger partial charge on any atom is 0.278 e. The molecule has 96 valence electrons. The number of hydrogen-bond donors (Lipinski definition) is 3. The Bertz CT molecular complexity index is 802. The van der Waals surface area contributed by atoms with Gasteiger partial charge >= 0.3 is 0 Å². The number of benzene rings is 1. The van der Waals surface area contributed by atoms with E-state index in [0.29, 0.717) is 23.4 Å². The number of anilines is 1. The number of aromatic nitrogens is 4. The van der Waals surface area contributed by atoms with Crippen molar-refractivity contribution in [2.24, 2.45) is 0 Å². The third-order valence-electron chi connectivity index (χ3n) is 3.05. The molecule has 0 spiro atoms. The fourth-order valence-corrected chi connectivity index (χ4v) is 2.04. The molecule has 0 fully saturated rings. The summed E-state index contributed by atoms with van der Waals surface area (Å²) in [4.78, 5) is 25.4. The van der Waals surface area contributed by atoms with Gasteiger partial charge in [-0.25, -0.2) is 4.98 Å². The van der Waals surface area contributed by atoms with E-state index in [1.54, 1.807) is 0 Å². The molecule has 2 heterocycles. The minimum atomic E-state index is -0.300. The van der Waals surface area contributed by atoms with Gasteiger partial charge in [-0.1, -0.05) is 24.3 Å². The quantitative estimate of drug-likeness (QED) is 0.639. The van der Waals surface area contributed by atoms with Crippen LogP contribution in [-0.2, 0) is 6.42 Å². The van der Waals surface area contributed by atoms with Gasteiger partial charge in [0.1, 0.15) is 5.82 Å². The van der Waals surface area contributed by atoms with E-state index >= 15 is 0 Å². The number of hydrogen-bond acceptors (Lipinski definition) is 4. The van der Waals surface area contributed by atoms with Gasteiger partial charge in [0.05, 0.1) is 0 Å². The first-order valence-corrected chi connectivity index (χ1v) is 5.92. The van der Waals surface area contributed by atoms with Crippen molar-refractivity contribution in [3.05, 3.63) is 51.6 Å². The van der Waals surface area contributed by atoms with E-state index in [9.17, 15) is 4.79 Å². The zero-order valence-corrected chi connectivity index (χ0v) is 10.4. The summed E-state index contributed by atoms with van der Waals surface area (Å²) in [7, 11) is 0. The van der Waals surface area contributed by atoms with Crippen molar-refractivity contribution in [3.8, 4) is 0 Å². The van der Waals surface area contributed by atoms with Gasteiger partial charge in [-0.3, -0.25) is 9.78 Å². The van der Waals surface area contributed by atoms with Crippen LogP contribution in [0.5, 0.6) is 0 Å². The van der Waals surface area contributed by atoms with Crippen LogP contribution in [0.25, 0.3) is 11.2 Å². The van der Waals surface area contributed by atoms with Crippen LogP contribution < -0.4 is 11.3 Å². The second-order valence-corrected chi connectivity index (χ2v) is 4.44. The molecule has 0 unspecified atom stereocenters. The molecule has 0 radical (unpaired) electrons. The molecule has 6 nitrogen and oxygen atoms in total. The second kappa shape index (κ2) is 4.24. The Hall–Kier alpha value is -2.63. The lowest BCUT2D eigenvalue weighted by Crippen LogP contribution is -2.10. The Kier molecular flexibility index (Phi) is 2.56. The van der Waals surface area contributed by atoms with Gasteiger partial charge in [0.15, 0.2) is 11.2 Å². The molecule has 0 aliphatic carbocycles. The Balaban J connectivity index is 2.05. The highest BCUT2D eigenvalue weighted by atomic mass is 16.1. The van der Waals surface area contributed by atoms with Gasteiger partial charge in [0, 0.05) is 6.42 Å². The summed E-state index contributed by atoms with van der Waals surface area (Å²) < 4.78 is 0. The van der Waals surface area contributed by atoms with Crippen LogP contribution in [0.2, 0.25) is 0 Å². The monoisotopic (exact) mass is 255 g/mol. The third kappa shape index (κ3) is 2.08. The van der Waals surface area contributed by atoms with Crippen molar-refractivity contribution in [3.63, 3.8) is 0 Å². The Labute approximate surface area is 108 Å². The van der Waals surface area contributed by atoms with E-state index in [2.05, 4.69) is 19.9 Å². The topological polar surface area (TPSA) is 100 Å². The summed E-state index contributed by atoms with van der Waals surface area (Å²) >= 11 is 0. The van der Waals surface area contributed by atoms with Crippen LogP contribution in [-0.4, -0.2) is 19.9 Å². The van der Waals surface area contributed by atoms with Crippen LogP contribution in [0.1, 0.15) is 17.0 Å². The van der Waals surface area contributed by atoms with Crippen LogP contribution in [0.4, 0.5) is 5.95 Å². The standard InChI is InChI=1S/C13H13N5O/c1-7-4-2-3-5-8(7)6-9-15-10-11(16-9)17-13(14)18-12(10)19/h2-5H,6H2,1H3,(H4,14,15,16,17,18,19). The summed E-state index contributed by atoms with van der Waals surface area (Å²) in [6.45, 7) is 2.04. The molecule has 19 heavy (non-hydrogen) atoms. The Morgan fingerprint density at radius 1 is 1.21 bits per heavy atom.